The zero-order valence-corrected chi connectivity index (χ0v) is 14.5. The Morgan fingerprint density at radius 1 is 1.44 bits per heavy atom. The number of amides is 2. The Morgan fingerprint density at radius 3 is 2.96 bits per heavy atom. The van der Waals surface area contributed by atoms with Gasteiger partial charge in [-0.15, -0.1) is 0 Å². The third kappa shape index (κ3) is 3.10. The van der Waals surface area contributed by atoms with Gasteiger partial charge >= 0.3 is 6.09 Å². The summed E-state index contributed by atoms with van der Waals surface area (Å²) in [6.45, 7) is 4.80. The Labute approximate surface area is 146 Å². The number of nitrogens with one attached hydrogen (secondary N) is 1. The number of carbonyl (C=O) groups excluding carboxylic acids is 2. The SMILES string of the molecule is Cc1cc(C2CCCN2C(=O)CN2CC3(CCNCC3)OC2=O)on1. The second-order valence-electron chi connectivity index (χ2n) is 7.27. The van der Waals surface area contributed by atoms with Crippen LogP contribution in [0.15, 0.2) is 10.6 Å². The molecule has 3 saturated heterocycles. The lowest BCUT2D eigenvalue weighted by molar-refractivity contribution is -0.133. The molecule has 2 amide bonds. The first kappa shape index (κ1) is 16.4. The van der Waals surface area contributed by atoms with Crippen molar-refractivity contribution in [1.29, 1.82) is 0 Å². The lowest BCUT2D eigenvalue weighted by atomic mass is 9.92. The average molecular weight is 348 g/mol. The fourth-order valence-electron chi connectivity index (χ4n) is 4.11. The van der Waals surface area contributed by atoms with Gasteiger partial charge in [-0.05, 0) is 32.9 Å². The van der Waals surface area contributed by atoms with E-state index in [0.29, 0.717) is 13.1 Å². The van der Waals surface area contributed by atoms with Gasteiger partial charge in [0.05, 0.1) is 18.3 Å². The van der Waals surface area contributed by atoms with Crippen LogP contribution in [0.25, 0.3) is 0 Å². The Balaban J connectivity index is 1.42. The predicted molar refractivity (Wildman–Crippen MR) is 87.8 cm³/mol. The first-order chi connectivity index (χ1) is 12.1. The number of ether oxygens (including phenoxy) is 1. The minimum atomic E-state index is -0.422. The fraction of sp³-hybridized carbons (Fsp3) is 0.706. The van der Waals surface area contributed by atoms with E-state index in [9.17, 15) is 9.59 Å². The minimum Gasteiger partial charge on any atom is -0.441 e. The zero-order valence-electron chi connectivity index (χ0n) is 14.5. The van der Waals surface area contributed by atoms with Gasteiger partial charge in [0.25, 0.3) is 0 Å². The topological polar surface area (TPSA) is 87.9 Å². The molecule has 1 unspecified atom stereocenters. The van der Waals surface area contributed by atoms with Gasteiger partial charge in [-0.2, -0.15) is 0 Å². The highest BCUT2D eigenvalue weighted by atomic mass is 16.6. The minimum absolute atomic E-state index is 0.0560. The zero-order chi connectivity index (χ0) is 17.4. The summed E-state index contributed by atoms with van der Waals surface area (Å²) >= 11 is 0. The van der Waals surface area contributed by atoms with E-state index in [1.165, 1.54) is 0 Å². The highest BCUT2D eigenvalue weighted by Crippen LogP contribution is 2.34. The molecule has 1 aromatic heterocycles. The van der Waals surface area contributed by atoms with Crippen LogP contribution in [0.4, 0.5) is 4.79 Å². The van der Waals surface area contributed by atoms with Crippen LogP contribution in [0.2, 0.25) is 0 Å². The summed E-state index contributed by atoms with van der Waals surface area (Å²) in [5.41, 5.74) is 0.389. The number of hydrogen-bond donors (Lipinski definition) is 1. The molecule has 3 fully saturated rings. The molecule has 3 aliphatic rings. The monoisotopic (exact) mass is 348 g/mol. The van der Waals surface area contributed by atoms with E-state index >= 15 is 0 Å². The number of likely N-dealkylation sites (tertiary alicyclic amines) is 1. The molecule has 0 aliphatic carbocycles. The van der Waals surface area contributed by atoms with Gasteiger partial charge in [-0.25, -0.2) is 4.79 Å². The van der Waals surface area contributed by atoms with Gasteiger partial charge in [0, 0.05) is 25.5 Å². The molecule has 25 heavy (non-hydrogen) atoms. The molecule has 4 heterocycles. The van der Waals surface area contributed by atoms with Crippen LogP contribution >= 0.6 is 0 Å². The molecule has 0 bridgehead atoms. The number of piperidine rings is 1. The summed E-state index contributed by atoms with van der Waals surface area (Å²) in [6.07, 6.45) is 3.01. The summed E-state index contributed by atoms with van der Waals surface area (Å²) in [5.74, 6) is 0.668. The highest BCUT2D eigenvalue weighted by Gasteiger charge is 2.46. The van der Waals surface area contributed by atoms with Crippen molar-refractivity contribution in [2.24, 2.45) is 0 Å². The van der Waals surface area contributed by atoms with Crippen molar-refractivity contribution in [2.45, 2.75) is 44.2 Å². The number of aryl methyl sites for hydroxylation is 1. The third-order valence-corrected chi connectivity index (χ3v) is 5.43. The Kier molecular flexibility index (Phi) is 4.15. The van der Waals surface area contributed by atoms with Crippen LogP contribution in [-0.2, 0) is 9.53 Å². The van der Waals surface area contributed by atoms with E-state index in [0.717, 1.165) is 50.2 Å². The van der Waals surface area contributed by atoms with Crippen molar-refractivity contribution >= 4 is 12.0 Å². The summed E-state index contributed by atoms with van der Waals surface area (Å²) in [5, 5.41) is 7.20. The van der Waals surface area contributed by atoms with Gasteiger partial charge in [0.2, 0.25) is 5.91 Å². The van der Waals surface area contributed by atoms with Crippen LogP contribution in [0.5, 0.6) is 0 Å². The molecule has 8 nitrogen and oxygen atoms in total. The van der Waals surface area contributed by atoms with Crippen LogP contribution in [0, 0.1) is 6.92 Å². The molecule has 1 aromatic rings. The third-order valence-electron chi connectivity index (χ3n) is 5.43. The molecule has 1 spiro atoms. The lowest BCUT2D eigenvalue weighted by Gasteiger charge is -2.31. The number of carbonyl (C=O) groups is 2. The maximum atomic E-state index is 12.8. The summed E-state index contributed by atoms with van der Waals surface area (Å²) in [7, 11) is 0. The van der Waals surface area contributed by atoms with E-state index in [2.05, 4.69) is 10.5 Å². The van der Waals surface area contributed by atoms with Crippen molar-refractivity contribution in [3.63, 3.8) is 0 Å². The van der Waals surface area contributed by atoms with Crippen molar-refractivity contribution < 1.29 is 18.8 Å². The van der Waals surface area contributed by atoms with Gasteiger partial charge in [0.1, 0.15) is 12.1 Å². The second kappa shape index (κ2) is 6.33. The molecular weight excluding hydrogens is 324 g/mol. The quantitative estimate of drug-likeness (QED) is 0.884. The van der Waals surface area contributed by atoms with Gasteiger partial charge in [-0.3, -0.25) is 9.69 Å². The standard InChI is InChI=1S/C17H24N4O4/c1-12-9-14(25-19-12)13-3-2-8-21(13)15(22)10-20-11-17(24-16(20)23)4-6-18-7-5-17/h9,13,18H,2-8,10-11H2,1H3. The fourth-order valence-corrected chi connectivity index (χ4v) is 4.11. The number of rotatable bonds is 3. The van der Waals surface area contributed by atoms with Gasteiger partial charge in [-0.1, -0.05) is 5.16 Å². The van der Waals surface area contributed by atoms with Gasteiger partial charge in [0.15, 0.2) is 5.76 Å². The Bertz CT molecular complexity index is 667. The van der Waals surface area contributed by atoms with Crippen LogP contribution < -0.4 is 5.32 Å². The van der Waals surface area contributed by atoms with Crippen molar-refractivity contribution in [2.75, 3.05) is 32.7 Å². The number of nitrogens with zero attached hydrogens (tertiary/aromatic N) is 3. The summed E-state index contributed by atoms with van der Waals surface area (Å²) in [6, 6.07) is 1.80. The molecule has 8 heteroatoms. The molecule has 136 valence electrons. The number of hydrogen-bond acceptors (Lipinski definition) is 6. The summed E-state index contributed by atoms with van der Waals surface area (Å²) < 4.78 is 11.0. The van der Waals surface area contributed by atoms with E-state index in [1.54, 1.807) is 9.80 Å². The maximum absolute atomic E-state index is 12.8. The van der Waals surface area contributed by atoms with E-state index < -0.39 is 5.60 Å². The van der Waals surface area contributed by atoms with E-state index in [-0.39, 0.29) is 24.6 Å². The molecule has 1 N–H and O–H groups in total. The molecule has 0 saturated carbocycles. The van der Waals surface area contributed by atoms with Crippen LogP contribution in [0.3, 0.4) is 0 Å². The average Bonchev–Trinajstić information content (AvgIpc) is 3.28. The van der Waals surface area contributed by atoms with Crippen molar-refractivity contribution in [3.8, 4) is 0 Å². The van der Waals surface area contributed by atoms with Crippen molar-refractivity contribution in [1.82, 2.24) is 20.3 Å². The molecule has 1 atom stereocenters. The number of aromatic nitrogens is 1. The Morgan fingerprint density at radius 2 is 2.24 bits per heavy atom. The van der Waals surface area contributed by atoms with Crippen LogP contribution in [-0.4, -0.2) is 65.3 Å². The highest BCUT2D eigenvalue weighted by molar-refractivity contribution is 5.83. The molecule has 0 aromatic carbocycles. The maximum Gasteiger partial charge on any atom is 0.410 e. The van der Waals surface area contributed by atoms with Crippen LogP contribution in [0.1, 0.15) is 43.2 Å². The molecular formula is C17H24N4O4. The van der Waals surface area contributed by atoms with E-state index in [4.69, 9.17) is 9.26 Å². The van der Waals surface area contributed by atoms with Crippen molar-refractivity contribution in [3.05, 3.63) is 17.5 Å². The molecule has 3 aliphatic heterocycles. The second-order valence-corrected chi connectivity index (χ2v) is 7.27. The first-order valence-electron chi connectivity index (χ1n) is 8.98. The smallest absolute Gasteiger partial charge is 0.410 e. The predicted octanol–water partition coefficient (Wildman–Crippen LogP) is 1.22. The molecule has 0 radical (unpaired) electrons. The first-order valence-corrected chi connectivity index (χ1v) is 8.98. The van der Waals surface area contributed by atoms with E-state index in [1.807, 2.05) is 13.0 Å². The largest absolute Gasteiger partial charge is 0.441 e. The summed E-state index contributed by atoms with van der Waals surface area (Å²) in [4.78, 5) is 28.4. The Hall–Kier alpha value is -2.09. The molecule has 4 rings (SSSR count). The normalized spacial score (nSPS) is 25.6. The lowest BCUT2D eigenvalue weighted by Crippen LogP contribution is -2.46. The van der Waals surface area contributed by atoms with Gasteiger partial charge < -0.3 is 19.5 Å².